The van der Waals surface area contributed by atoms with E-state index >= 15 is 0 Å². The number of benzene rings is 1. The van der Waals surface area contributed by atoms with Gasteiger partial charge in [0.1, 0.15) is 0 Å². The number of nitro groups is 1. The third-order valence-electron chi connectivity index (χ3n) is 1.76. The molecule has 17 heavy (non-hydrogen) atoms. The Kier molecular flexibility index (Phi) is 4.17. The summed E-state index contributed by atoms with van der Waals surface area (Å²) in [5.41, 5.74) is -4.12. The zero-order chi connectivity index (χ0) is 13.1. The average molecular weight is 263 g/mol. The van der Waals surface area contributed by atoms with Gasteiger partial charge in [0.25, 0.3) is 0 Å². The summed E-state index contributed by atoms with van der Waals surface area (Å²) >= 11 is -0.249. The van der Waals surface area contributed by atoms with Crippen molar-refractivity contribution in [2.75, 3.05) is 0 Å². The van der Waals surface area contributed by atoms with E-state index in [0.29, 0.717) is 5.56 Å². The number of alkyl halides is 3. The Morgan fingerprint density at radius 2 is 2.12 bits per heavy atom. The Balaban J connectivity index is 2.94. The van der Waals surface area contributed by atoms with Crippen molar-refractivity contribution >= 4 is 17.8 Å². The van der Waals surface area contributed by atoms with Crippen LogP contribution in [0.3, 0.4) is 0 Å². The maximum atomic E-state index is 12.1. The van der Waals surface area contributed by atoms with Gasteiger partial charge in [-0.05, 0) is 29.5 Å². The minimum absolute atomic E-state index is 0.00222. The fourth-order valence-electron chi connectivity index (χ4n) is 1.10. The summed E-state index contributed by atoms with van der Waals surface area (Å²) in [4.78, 5) is 9.78. The Hall–Kier alpha value is -1.50. The van der Waals surface area contributed by atoms with Crippen molar-refractivity contribution < 1.29 is 18.1 Å². The second-order valence-corrected chi connectivity index (χ2v) is 4.30. The third kappa shape index (κ3) is 4.90. The topological polar surface area (TPSA) is 43.1 Å². The van der Waals surface area contributed by atoms with Crippen molar-refractivity contribution in [3.63, 3.8) is 0 Å². The van der Waals surface area contributed by atoms with E-state index in [4.69, 9.17) is 0 Å². The molecule has 0 amide bonds. The predicted octanol–water partition coefficient (Wildman–Crippen LogP) is 3.94. The monoisotopic (exact) mass is 263 g/mol. The summed E-state index contributed by atoms with van der Waals surface area (Å²) in [6, 6.07) is 5.49. The van der Waals surface area contributed by atoms with Crippen LogP contribution in [0.15, 0.2) is 34.9 Å². The summed E-state index contributed by atoms with van der Waals surface area (Å²) in [7, 11) is 0. The molecule has 3 nitrogen and oxygen atoms in total. The highest BCUT2D eigenvalue weighted by Gasteiger charge is 2.29. The molecule has 0 spiro atoms. The summed E-state index contributed by atoms with van der Waals surface area (Å²) in [6.07, 6.45) is 1.22. The molecule has 0 saturated carbocycles. The van der Waals surface area contributed by atoms with E-state index in [-0.39, 0.29) is 22.4 Å². The second kappa shape index (κ2) is 5.22. The van der Waals surface area contributed by atoms with Gasteiger partial charge in [-0.2, -0.15) is 13.2 Å². The summed E-state index contributed by atoms with van der Waals surface area (Å²) < 4.78 is 36.3. The highest BCUT2D eigenvalue weighted by atomic mass is 32.2. The lowest BCUT2D eigenvalue weighted by Crippen LogP contribution is -1.99. The minimum Gasteiger partial charge on any atom is -0.259 e. The van der Waals surface area contributed by atoms with E-state index in [1.807, 2.05) is 0 Å². The molecule has 0 unspecified atom stereocenters. The number of rotatable bonds is 3. The smallest absolute Gasteiger partial charge is 0.259 e. The van der Waals surface area contributed by atoms with Crippen molar-refractivity contribution in [2.45, 2.75) is 17.3 Å². The van der Waals surface area contributed by atoms with Crippen molar-refractivity contribution in [1.82, 2.24) is 0 Å². The van der Waals surface area contributed by atoms with Gasteiger partial charge in [-0.3, -0.25) is 10.1 Å². The van der Waals surface area contributed by atoms with Gasteiger partial charge in [0.2, 0.25) is 5.70 Å². The molecule has 0 aliphatic rings. The molecule has 1 aromatic carbocycles. The van der Waals surface area contributed by atoms with Gasteiger partial charge in [0.15, 0.2) is 0 Å². The molecule has 0 N–H and O–H groups in total. The molecule has 92 valence electrons. The van der Waals surface area contributed by atoms with Crippen LogP contribution in [-0.4, -0.2) is 10.4 Å². The van der Waals surface area contributed by atoms with E-state index in [1.54, 1.807) is 0 Å². The van der Waals surface area contributed by atoms with Gasteiger partial charge in [0, 0.05) is 17.9 Å². The molecule has 0 aliphatic carbocycles. The van der Waals surface area contributed by atoms with Gasteiger partial charge in [-0.15, -0.1) is 0 Å². The minimum atomic E-state index is -4.36. The quantitative estimate of drug-likeness (QED) is 0.471. The molecule has 0 aromatic heterocycles. The van der Waals surface area contributed by atoms with E-state index in [2.05, 4.69) is 0 Å². The Morgan fingerprint density at radius 1 is 1.47 bits per heavy atom. The van der Waals surface area contributed by atoms with Crippen LogP contribution in [0.2, 0.25) is 0 Å². The van der Waals surface area contributed by atoms with Gasteiger partial charge in [-0.25, -0.2) is 0 Å². The predicted molar refractivity (Wildman–Crippen MR) is 59.0 cm³/mol. The van der Waals surface area contributed by atoms with Crippen LogP contribution in [-0.2, 0) is 0 Å². The molecule has 0 radical (unpaired) electrons. The Morgan fingerprint density at radius 3 is 2.65 bits per heavy atom. The van der Waals surface area contributed by atoms with Crippen LogP contribution in [0.25, 0.3) is 6.08 Å². The first-order valence-electron chi connectivity index (χ1n) is 4.46. The molecule has 0 saturated heterocycles. The zero-order valence-corrected chi connectivity index (χ0v) is 9.51. The van der Waals surface area contributed by atoms with Gasteiger partial charge in [-0.1, -0.05) is 12.1 Å². The molecule has 0 atom stereocenters. The van der Waals surface area contributed by atoms with Crippen LogP contribution in [0.4, 0.5) is 13.2 Å². The Labute approximate surface area is 99.5 Å². The first-order valence-corrected chi connectivity index (χ1v) is 5.28. The second-order valence-electron chi connectivity index (χ2n) is 3.16. The molecular weight excluding hydrogens is 255 g/mol. The van der Waals surface area contributed by atoms with Crippen molar-refractivity contribution in [3.8, 4) is 0 Å². The molecule has 0 aliphatic heterocycles. The zero-order valence-electron chi connectivity index (χ0n) is 8.69. The summed E-state index contributed by atoms with van der Waals surface area (Å²) in [5, 5.41) is 10.4. The molecule has 7 heteroatoms. The lowest BCUT2D eigenvalue weighted by atomic mass is 10.2. The van der Waals surface area contributed by atoms with E-state index in [1.165, 1.54) is 37.3 Å². The molecule has 0 heterocycles. The number of hydrogen-bond acceptors (Lipinski definition) is 3. The fraction of sp³-hybridized carbons (Fsp3) is 0.200. The number of nitrogens with zero attached hydrogens (tertiary/aromatic N) is 1. The average Bonchev–Trinajstić information content (AvgIpc) is 2.15. The van der Waals surface area contributed by atoms with Gasteiger partial charge >= 0.3 is 5.51 Å². The molecular formula is C10H8F3NO2S. The van der Waals surface area contributed by atoms with Crippen LogP contribution < -0.4 is 0 Å². The fourth-order valence-corrected chi connectivity index (χ4v) is 1.70. The number of allylic oxidation sites excluding steroid dienone is 1. The summed E-state index contributed by atoms with van der Waals surface area (Å²) in [5.74, 6) is 0. The standard InChI is InChI=1S/C10H8F3NO2S/c1-7(14(15)16)5-8-3-2-4-9(6-8)17-10(11,12)13/h2-6H,1H3. The van der Waals surface area contributed by atoms with E-state index in [0.717, 1.165) is 0 Å². The van der Waals surface area contributed by atoms with Crippen molar-refractivity contribution in [1.29, 1.82) is 0 Å². The van der Waals surface area contributed by atoms with Gasteiger partial charge in [0.05, 0.1) is 4.92 Å². The highest BCUT2D eigenvalue weighted by molar-refractivity contribution is 8.00. The number of thioether (sulfide) groups is 1. The third-order valence-corrected chi connectivity index (χ3v) is 2.48. The number of hydrogen-bond donors (Lipinski definition) is 0. The summed E-state index contributed by atoms with van der Waals surface area (Å²) in [6.45, 7) is 1.28. The highest BCUT2D eigenvalue weighted by Crippen LogP contribution is 2.37. The molecule has 1 rings (SSSR count). The first-order chi connectivity index (χ1) is 7.78. The maximum absolute atomic E-state index is 12.1. The molecule has 0 fully saturated rings. The largest absolute Gasteiger partial charge is 0.446 e. The van der Waals surface area contributed by atoms with Crippen LogP contribution in [0, 0.1) is 10.1 Å². The lowest BCUT2D eigenvalue weighted by Gasteiger charge is -2.05. The van der Waals surface area contributed by atoms with Crippen molar-refractivity contribution in [2.24, 2.45) is 0 Å². The molecule has 0 bridgehead atoms. The maximum Gasteiger partial charge on any atom is 0.446 e. The SMILES string of the molecule is CC(=Cc1cccc(SC(F)(F)F)c1)[N+](=O)[O-]. The van der Waals surface area contributed by atoms with Crippen LogP contribution in [0.1, 0.15) is 12.5 Å². The first kappa shape index (κ1) is 13.6. The normalized spacial score (nSPS) is 12.6. The van der Waals surface area contributed by atoms with E-state index in [9.17, 15) is 23.3 Å². The number of halogens is 3. The van der Waals surface area contributed by atoms with Gasteiger partial charge < -0.3 is 0 Å². The van der Waals surface area contributed by atoms with Crippen LogP contribution in [0.5, 0.6) is 0 Å². The molecule has 1 aromatic rings. The van der Waals surface area contributed by atoms with Crippen molar-refractivity contribution in [3.05, 3.63) is 45.6 Å². The van der Waals surface area contributed by atoms with Crippen LogP contribution >= 0.6 is 11.8 Å². The lowest BCUT2D eigenvalue weighted by molar-refractivity contribution is -0.422. The van der Waals surface area contributed by atoms with E-state index < -0.39 is 10.4 Å². The Bertz CT molecular complexity index is 457.